The molecular formula is C13H12BrClN2. The Hall–Kier alpha value is -1.19. The molecule has 0 spiro atoms. The Kier molecular flexibility index (Phi) is 3.60. The highest BCUT2D eigenvalue weighted by atomic mass is 79.9. The van der Waals surface area contributed by atoms with Crippen LogP contribution in [0.4, 0.5) is 17.1 Å². The molecule has 0 aromatic heterocycles. The van der Waals surface area contributed by atoms with Gasteiger partial charge < -0.3 is 11.1 Å². The van der Waals surface area contributed by atoms with Crippen molar-refractivity contribution in [3.8, 4) is 0 Å². The second-order valence-electron chi connectivity index (χ2n) is 3.77. The molecule has 2 nitrogen and oxygen atoms in total. The van der Waals surface area contributed by atoms with E-state index in [1.165, 1.54) is 0 Å². The van der Waals surface area contributed by atoms with Gasteiger partial charge in [0.1, 0.15) is 0 Å². The van der Waals surface area contributed by atoms with E-state index in [1.54, 1.807) is 6.07 Å². The Morgan fingerprint density at radius 2 is 1.94 bits per heavy atom. The van der Waals surface area contributed by atoms with Crippen LogP contribution in [-0.2, 0) is 0 Å². The summed E-state index contributed by atoms with van der Waals surface area (Å²) >= 11 is 9.36. The second kappa shape index (κ2) is 4.98. The summed E-state index contributed by atoms with van der Waals surface area (Å²) in [5, 5.41) is 3.93. The van der Waals surface area contributed by atoms with Crippen LogP contribution >= 0.6 is 27.5 Å². The van der Waals surface area contributed by atoms with Crippen molar-refractivity contribution in [2.24, 2.45) is 0 Å². The highest BCUT2D eigenvalue weighted by molar-refractivity contribution is 9.10. The summed E-state index contributed by atoms with van der Waals surface area (Å²) in [5.74, 6) is 0. The molecule has 0 saturated carbocycles. The summed E-state index contributed by atoms with van der Waals surface area (Å²) in [5.41, 5.74) is 9.55. The number of nitrogen functional groups attached to an aromatic ring is 1. The molecule has 2 aromatic carbocycles. The van der Waals surface area contributed by atoms with Gasteiger partial charge in [-0.25, -0.2) is 0 Å². The molecule has 0 aliphatic carbocycles. The SMILES string of the molecule is Cc1c(Br)cccc1Nc1ccc(Cl)cc1N. The predicted molar refractivity (Wildman–Crippen MR) is 78.0 cm³/mol. The van der Waals surface area contributed by atoms with E-state index >= 15 is 0 Å². The molecule has 17 heavy (non-hydrogen) atoms. The van der Waals surface area contributed by atoms with Gasteiger partial charge >= 0.3 is 0 Å². The van der Waals surface area contributed by atoms with Crippen molar-refractivity contribution in [3.63, 3.8) is 0 Å². The number of hydrogen-bond acceptors (Lipinski definition) is 2. The molecule has 2 rings (SSSR count). The zero-order valence-electron chi connectivity index (χ0n) is 9.30. The first-order valence-electron chi connectivity index (χ1n) is 5.15. The van der Waals surface area contributed by atoms with Gasteiger partial charge in [0.2, 0.25) is 0 Å². The minimum atomic E-state index is 0.636. The fourth-order valence-corrected chi connectivity index (χ4v) is 2.08. The summed E-state index contributed by atoms with van der Waals surface area (Å²) in [6, 6.07) is 11.4. The standard InChI is InChI=1S/C13H12BrClN2/c1-8-10(14)3-2-4-12(8)17-13-6-5-9(15)7-11(13)16/h2-7,17H,16H2,1H3. The van der Waals surface area contributed by atoms with Crippen LogP contribution < -0.4 is 11.1 Å². The van der Waals surface area contributed by atoms with Crippen LogP contribution in [0.3, 0.4) is 0 Å². The molecule has 4 heteroatoms. The average molecular weight is 312 g/mol. The Labute approximate surface area is 114 Å². The number of benzene rings is 2. The Morgan fingerprint density at radius 1 is 1.18 bits per heavy atom. The summed E-state index contributed by atoms with van der Waals surface area (Å²) in [7, 11) is 0. The fourth-order valence-electron chi connectivity index (χ4n) is 1.54. The maximum absolute atomic E-state index is 5.90. The molecule has 0 radical (unpaired) electrons. The van der Waals surface area contributed by atoms with E-state index in [0.717, 1.165) is 21.4 Å². The molecule has 0 aliphatic rings. The average Bonchev–Trinajstić information content (AvgIpc) is 2.28. The monoisotopic (exact) mass is 310 g/mol. The van der Waals surface area contributed by atoms with Gasteiger partial charge in [-0.2, -0.15) is 0 Å². The van der Waals surface area contributed by atoms with Crippen molar-refractivity contribution in [1.82, 2.24) is 0 Å². The molecule has 0 aliphatic heterocycles. The van der Waals surface area contributed by atoms with Gasteiger partial charge in [0, 0.05) is 15.2 Å². The highest BCUT2D eigenvalue weighted by Crippen LogP contribution is 2.30. The Bertz CT molecular complexity index is 555. The lowest BCUT2D eigenvalue weighted by Crippen LogP contribution is -1.97. The lowest BCUT2D eigenvalue weighted by molar-refractivity contribution is 1.40. The van der Waals surface area contributed by atoms with Gasteiger partial charge in [-0.1, -0.05) is 33.6 Å². The van der Waals surface area contributed by atoms with E-state index < -0.39 is 0 Å². The van der Waals surface area contributed by atoms with Crippen LogP contribution in [0.1, 0.15) is 5.56 Å². The number of nitrogens with two attached hydrogens (primary N) is 1. The molecule has 0 bridgehead atoms. The largest absolute Gasteiger partial charge is 0.397 e. The molecule has 0 unspecified atom stereocenters. The van der Waals surface area contributed by atoms with Crippen LogP contribution in [0.2, 0.25) is 5.02 Å². The van der Waals surface area contributed by atoms with Crippen molar-refractivity contribution in [2.45, 2.75) is 6.92 Å². The Morgan fingerprint density at radius 3 is 2.65 bits per heavy atom. The molecule has 0 heterocycles. The highest BCUT2D eigenvalue weighted by Gasteiger charge is 2.04. The number of hydrogen-bond donors (Lipinski definition) is 2. The van der Waals surface area contributed by atoms with Gasteiger partial charge in [0.15, 0.2) is 0 Å². The maximum atomic E-state index is 5.90. The first-order chi connectivity index (χ1) is 8.08. The molecule has 0 fully saturated rings. The maximum Gasteiger partial charge on any atom is 0.0619 e. The van der Waals surface area contributed by atoms with Crippen molar-refractivity contribution in [2.75, 3.05) is 11.1 Å². The molecule has 88 valence electrons. The minimum absolute atomic E-state index is 0.636. The smallest absolute Gasteiger partial charge is 0.0619 e. The van der Waals surface area contributed by atoms with Crippen LogP contribution in [0, 0.1) is 6.92 Å². The van der Waals surface area contributed by atoms with Gasteiger partial charge in [-0.05, 0) is 42.8 Å². The van der Waals surface area contributed by atoms with E-state index in [4.69, 9.17) is 17.3 Å². The zero-order chi connectivity index (χ0) is 12.4. The van der Waals surface area contributed by atoms with E-state index in [1.807, 2.05) is 37.3 Å². The van der Waals surface area contributed by atoms with E-state index in [-0.39, 0.29) is 0 Å². The quantitative estimate of drug-likeness (QED) is 0.786. The normalized spacial score (nSPS) is 10.3. The van der Waals surface area contributed by atoms with Crippen molar-refractivity contribution in [1.29, 1.82) is 0 Å². The second-order valence-corrected chi connectivity index (χ2v) is 5.06. The van der Waals surface area contributed by atoms with Gasteiger partial charge in [0.25, 0.3) is 0 Å². The Balaban J connectivity index is 2.35. The number of halogens is 2. The number of rotatable bonds is 2. The lowest BCUT2D eigenvalue weighted by Gasteiger charge is -2.12. The van der Waals surface area contributed by atoms with Crippen molar-refractivity contribution in [3.05, 3.63) is 51.5 Å². The van der Waals surface area contributed by atoms with Gasteiger partial charge in [-0.15, -0.1) is 0 Å². The lowest BCUT2D eigenvalue weighted by atomic mass is 10.2. The molecular weight excluding hydrogens is 300 g/mol. The summed E-state index contributed by atoms with van der Waals surface area (Å²) < 4.78 is 1.06. The first-order valence-corrected chi connectivity index (χ1v) is 6.32. The molecule has 0 saturated heterocycles. The zero-order valence-corrected chi connectivity index (χ0v) is 11.6. The summed E-state index contributed by atoms with van der Waals surface area (Å²) in [6.45, 7) is 2.04. The third kappa shape index (κ3) is 2.73. The van der Waals surface area contributed by atoms with Crippen LogP contribution in [-0.4, -0.2) is 0 Å². The first kappa shape index (κ1) is 12.3. The van der Waals surface area contributed by atoms with E-state index in [2.05, 4.69) is 21.2 Å². The topological polar surface area (TPSA) is 38.0 Å². The van der Waals surface area contributed by atoms with Crippen LogP contribution in [0.5, 0.6) is 0 Å². The third-order valence-corrected chi connectivity index (χ3v) is 3.64. The van der Waals surface area contributed by atoms with Crippen molar-refractivity contribution < 1.29 is 0 Å². The van der Waals surface area contributed by atoms with E-state index in [9.17, 15) is 0 Å². The van der Waals surface area contributed by atoms with E-state index in [0.29, 0.717) is 10.7 Å². The minimum Gasteiger partial charge on any atom is -0.397 e. The summed E-state index contributed by atoms with van der Waals surface area (Å²) in [4.78, 5) is 0. The van der Waals surface area contributed by atoms with Crippen LogP contribution in [0.15, 0.2) is 40.9 Å². The number of anilines is 3. The van der Waals surface area contributed by atoms with Crippen molar-refractivity contribution >= 4 is 44.6 Å². The molecule has 3 N–H and O–H groups in total. The molecule has 0 atom stereocenters. The third-order valence-electron chi connectivity index (χ3n) is 2.55. The van der Waals surface area contributed by atoms with Gasteiger partial charge in [-0.3, -0.25) is 0 Å². The fraction of sp³-hybridized carbons (Fsp3) is 0.0769. The van der Waals surface area contributed by atoms with Gasteiger partial charge in [0.05, 0.1) is 11.4 Å². The van der Waals surface area contributed by atoms with Crippen LogP contribution in [0.25, 0.3) is 0 Å². The molecule has 0 amide bonds. The number of nitrogens with one attached hydrogen (secondary N) is 1. The summed E-state index contributed by atoms with van der Waals surface area (Å²) in [6.07, 6.45) is 0. The molecule has 2 aromatic rings. The predicted octanol–water partition coefficient (Wildman–Crippen LogP) is 4.74.